The van der Waals surface area contributed by atoms with Gasteiger partial charge in [-0.3, -0.25) is 4.79 Å². The number of hydrogen-bond acceptors (Lipinski definition) is 3. The number of carboxylic acid groups (broad SMARTS) is 1. The summed E-state index contributed by atoms with van der Waals surface area (Å²) in [6, 6.07) is 8.63. The molecule has 2 aromatic rings. The Kier molecular flexibility index (Phi) is 4.14. The minimum absolute atomic E-state index is 0.0827. The van der Waals surface area contributed by atoms with E-state index in [0.29, 0.717) is 16.3 Å². The Morgan fingerprint density at radius 2 is 1.76 bits per heavy atom. The zero-order chi connectivity index (χ0) is 15.6. The Balaban J connectivity index is 2.23. The lowest BCUT2D eigenvalue weighted by Gasteiger charge is -2.09. The number of carbonyl (C=O) groups excluding carboxylic acids is 1. The maximum Gasteiger partial charge on any atom is 0.335 e. The number of phenolic OH excluding ortho intramolecular Hbond substituents is 1. The van der Waals surface area contributed by atoms with Crippen LogP contribution in [0.2, 0.25) is 5.02 Å². The van der Waals surface area contributed by atoms with Gasteiger partial charge in [-0.05, 0) is 48.9 Å². The predicted octanol–water partition coefficient (Wildman–Crippen LogP) is 3.30. The van der Waals surface area contributed by atoms with E-state index < -0.39 is 11.9 Å². The number of benzene rings is 2. The average Bonchev–Trinajstić information content (AvgIpc) is 2.37. The van der Waals surface area contributed by atoms with E-state index in [0.717, 1.165) is 0 Å². The molecule has 0 aromatic heterocycles. The van der Waals surface area contributed by atoms with Gasteiger partial charge >= 0.3 is 5.97 Å². The highest BCUT2D eigenvalue weighted by molar-refractivity contribution is 6.31. The zero-order valence-electron chi connectivity index (χ0n) is 11.1. The van der Waals surface area contributed by atoms with Crippen LogP contribution in [0.4, 0.5) is 5.69 Å². The number of aromatic hydroxyl groups is 1. The highest BCUT2D eigenvalue weighted by Crippen LogP contribution is 2.23. The molecule has 0 unspecified atom stereocenters. The first-order chi connectivity index (χ1) is 9.88. The second kappa shape index (κ2) is 5.85. The summed E-state index contributed by atoms with van der Waals surface area (Å²) >= 11 is 5.70. The van der Waals surface area contributed by atoms with Gasteiger partial charge < -0.3 is 15.5 Å². The van der Waals surface area contributed by atoms with Crippen LogP contribution in [0, 0.1) is 6.92 Å². The molecule has 3 N–H and O–H groups in total. The van der Waals surface area contributed by atoms with Crippen molar-refractivity contribution in [3.8, 4) is 5.75 Å². The van der Waals surface area contributed by atoms with Crippen LogP contribution in [0.15, 0.2) is 36.4 Å². The molecule has 0 radical (unpaired) electrons. The molecule has 1 amide bonds. The summed E-state index contributed by atoms with van der Waals surface area (Å²) in [5.74, 6) is -1.76. The van der Waals surface area contributed by atoms with Crippen molar-refractivity contribution in [3.05, 3.63) is 58.1 Å². The van der Waals surface area contributed by atoms with Crippen molar-refractivity contribution < 1.29 is 19.8 Å². The summed E-state index contributed by atoms with van der Waals surface area (Å²) in [5, 5.41) is 21.5. The van der Waals surface area contributed by atoms with Crippen LogP contribution < -0.4 is 5.32 Å². The maximum atomic E-state index is 12.0. The average molecular weight is 306 g/mol. The van der Waals surface area contributed by atoms with Gasteiger partial charge in [0, 0.05) is 10.7 Å². The Hall–Kier alpha value is -2.53. The van der Waals surface area contributed by atoms with Gasteiger partial charge in [-0.25, -0.2) is 4.79 Å². The SMILES string of the molecule is Cc1cc(NC(=O)c2ccc(Cl)cc2O)ccc1C(=O)O. The fourth-order valence-corrected chi connectivity index (χ4v) is 2.04. The number of halogens is 1. The molecule has 0 aliphatic heterocycles. The van der Waals surface area contributed by atoms with Crippen molar-refractivity contribution in [1.29, 1.82) is 0 Å². The molecule has 0 spiro atoms. The molecule has 0 atom stereocenters. The van der Waals surface area contributed by atoms with E-state index in [1.807, 2.05) is 0 Å². The third-order valence-electron chi connectivity index (χ3n) is 2.92. The van der Waals surface area contributed by atoms with E-state index in [1.54, 1.807) is 13.0 Å². The van der Waals surface area contributed by atoms with Crippen LogP contribution in [0.5, 0.6) is 5.75 Å². The van der Waals surface area contributed by atoms with Crippen molar-refractivity contribution in [2.45, 2.75) is 6.92 Å². The quantitative estimate of drug-likeness (QED) is 0.812. The van der Waals surface area contributed by atoms with Gasteiger partial charge in [0.1, 0.15) is 5.75 Å². The summed E-state index contributed by atoms with van der Waals surface area (Å²) in [5.41, 5.74) is 1.22. The third-order valence-corrected chi connectivity index (χ3v) is 3.15. The van der Waals surface area contributed by atoms with Crippen LogP contribution >= 0.6 is 11.6 Å². The number of amides is 1. The standard InChI is InChI=1S/C15H12ClNO4/c1-8-6-10(3-5-11(8)15(20)21)17-14(19)12-4-2-9(16)7-13(12)18/h2-7,18H,1H3,(H,17,19)(H,20,21). The minimum atomic E-state index is -1.03. The molecule has 21 heavy (non-hydrogen) atoms. The molecule has 0 aliphatic rings. The van der Waals surface area contributed by atoms with E-state index in [4.69, 9.17) is 16.7 Å². The molecule has 2 rings (SSSR count). The van der Waals surface area contributed by atoms with Crippen LogP contribution in [-0.2, 0) is 0 Å². The first kappa shape index (κ1) is 14.9. The molecule has 108 valence electrons. The first-order valence-corrected chi connectivity index (χ1v) is 6.40. The number of carboxylic acids is 1. The van der Waals surface area contributed by atoms with Crippen LogP contribution in [0.25, 0.3) is 0 Å². The summed E-state index contributed by atoms with van der Waals surface area (Å²) in [7, 11) is 0. The van der Waals surface area contributed by atoms with Crippen molar-refractivity contribution in [2.24, 2.45) is 0 Å². The number of rotatable bonds is 3. The number of hydrogen-bond donors (Lipinski definition) is 3. The lowest BCUT2D eigenvalue weighted by molar-refractivity contribution is 0.0696. The number of phenols is 1. The van der Waals surface area contributed by atoms with E-state index >= 15 is 0 Å². The monoisotopic (exact) mass is 305 g/mol. The Morgan fingerprint density at radius 3 is 2.33 bits per heavy atom. The van der Waals surface area contributed by atoms with Gasteiger partial charge in [-0.1, -0.05) is 11.6 Å². The number of nitrogens with one attached hydrogen (secondary N) is 1. The number of anilines is 1. The van der Waals surface area contributed by atoms with E-state index in [9.17, 15) is 14.7 Å². The van der Waals surface area contributed by atoms with E-state index in [-0.39, 0.29) is 16.9 Å². The maximum absolute atomic E-state index is 12.0. The summed E-state index contributed by atoms with van der Waals surface area (Å²) in [4.78, 5) is 23.0. The fraction of sp³-hybridized carbons (Fsp3) is 0.0667. The van der Waals surface area contributed by atoms with Crippen molar-refractivity contribution in [3.63, 3.8) is 0 Å². The number of aromatic carboxylic acids is 1. The van der Waals surface area contributed by atoms with Gasteiger partial charge in [-0.15, -0.1) is 0 Å². The molecule has 0 heterocycles. The highest BCUT2D eigenvalue weighted by Gasteiger charge is 2.13. The van der Waals surface area contributed by atoms with Crippen LogP contribution in [-0.4, -0.2) is 22.1 Å². The summed E-state index contributed by atoms with van der Waals surface area (Å²) in [6.07, 6.45) is 0. The Labute approximate surface area is 125 Å². The molecule has 2 aromatic carbocycles. The molecular formula is C15H12ClNO4. The lowest BCUT2D eigenvalue weighted by Crippen LogP contribution is -2.12. The van der Waals surface area contributed by atoms with Gasteiger partial charge in [-0.2, -0.15) is 0 Å². The molecule has 6 heteroatoms. The van der Waals surface area contributed by atoms with Gasteiger partial charge in [0.2, 0.25) is 0 Å². The molecule has 0 aliphatic carbocycles. The summed E-state index contributed by atoms with van der Waals surface area (Å²) < 4.78 is 0. The first-order valence-electron chi connectivity index (χ1n) is 6.02. The second-order valence-corrected chi connectivity index (χ2v) is 4.89. The largest absolute Gasteiger partial charge is 0.507 e. The van der Waals surface area contributed by atoms with Crippen molar-refractivity contribution in [2.75, 3.05) is 5.32 Å². The third kappa shape index (κ3) is 3.32. The Bertz CT molecular complexity index is 728. The second-order valence-electron chi connectivity index (χ2n) is 4.45. The molecule has 0 bridgehead atoms. The van der Waals surface area contributed by atoms with Crippen LogP contribution in [0.1, 0.15) is 26.3 Å². The minimum Gasteiger partial charge on any atom is -0.507 e. The molecule has 0 saturated carbocycles. The molecular weight excluding hydrogens is 294 g/mol. The lowest BCUT2D eigenvalue weighted by atomic mass is 10.1. The van der Waals surface area contributed by atoms with Gasteiger partial charge in [0.05, 0.1) is 11.1 Å². The van der Waals surface area contributed by atoms with E-state index in [1.165, 1.54) is 30.3 Å². The zero-order valence-corrected chi connectivity index (χ0v) is 11.8. The van der Waals surface area contributed by atoms with E-state index in [2.05, 4.69) is 5.32 Å². The highest BCUT2D eigenvalue weighted by atomic mass is 35.5. The fourth-order valence-electron chi connectivity index (χ4n) is 1.88. The van der Waals surface area contributed by atoms with Gasteiger partial charge in [0.15, 0.2) is 0 Å². The number of aryl methyl sites for hydroxylation is 1. The molecule has 5 nitrogen and oxygen atoms in total. The molecule has 0 saturated heterocycles. The number of carbonyl (C=O) groups is 2. The normalized spacial score (nSPS) is 10.2. The Morgan fingerprint density at radius 1 is 1.10 bits per heavy atom. The smallest absolute Gasteiger partial charge is 0.335 e. The summed E-state index contributed by atoms with van der Waals surface area (Å²) in [6.45, 7) is 1.64. The van der Waals surface area contributed by atoms with Crippen LogP contribution in [0.3, 0.4) is 0 Å². The van der Waals surface area contributed by atoms with Gasteiger partial charge in [0.25, 0.3) is 5.91 Å². The van der Waals surface area contributed by atoms with Crippen molar-refractivity contribution >= 4 is 29.2 Å². The topological polar surface area (TPSA) is 86.6 Å². The predicted molar refractivity (Wildman–Crippen MR) is 79.2 cm³/mol. The van der Waals surface area contributed by atoms with Crippen molar-refractivity contribution in [1.82, 2.24) is 0 Å². The molecule has 0 fully saturated rings.